The molecule has 0 radical (unpaired) electrons. The summed E-state index contributed by atoms with van der Waals surface area (Å²) < 4.78 is 36.3. The van der Waals surface area contributed by atoms with E-state index in [0.717, 1.165) is 51.4 Å². The second-order valence-electron chi connectivity index (χ2n) is 24.8. The van der Waals surface area contributed by atoms with E-state index in [9.17, 15) is 40.2 Å². The summed E-state index contributed by atoms with van der Waals surface area (Å²) in [5.41, 5.74) is 36.8. The first-order valence-corrected chi connectivity index (χ1v) is 35.5. The fraction of sp³-hybridized carbons (Fsp3) is 0.908. The molecule has 2 heterocycles. The first-order valence-electron chi connectivity index (χ1n) is 34.3. The minimum atomic E-state index is -1.46. The molecule has 10 unspecified atom stereocenters. The molecule has 88 heavy (non-hydrogen) atoms. The van der Waals surface area contributed by atoms with Crippen molar-refractivity contribution in [3.05, 3.63) is 24.3 Å². The second kappa shape index (κ2) is 49.6. The number of rotatable bonds is 52. The Morgan fingerprint density at radius 1 is 0.580 bits per heavy atom. The smallest absolute Gasteiger partial charge is 0.223 e. The predicted octanol–water partition coefficient (Wildman–Crippen LogP) is 4.89. The number of thioether (sulfide) groups is 1. The van der Waals surface area contributed by atoms with Crippen LogP contribution in [0.5, 0.6) is 0 Å². The Balaban J connectivity index is 1.54. The molecule has 2 saturated heterocycles. The van der Waals surface area contributed by atoms with Gasteiger partial charge in [-0.15, -0.1) is 0 Å². The number of aliphatic hydroxyl groups excluding tert-OH is 6. The van der Waals surface area contributed by atoms with Gasteiger partial charge < -0.3 is 104 Å². The topological polar surface area (TPSA) is 382 Å². The number of nitrogens with one attached hydrogen (secondary N) is 1. The maximum atomic E-state index is 13.8. The second-order valence-corrected chi connectivity index (χ2v) is 26.0. The van der Waals surface area contributed by atoms with Gasteiger partial charge in [0, 0.05) is 69.2 Å². The summed E-state index contributed by atoms with van der Waals surface area (Å²) in [6, 6.07) is -4.09. The zero-order valence-corrected chi connectivity index (χ0v) is 55.0. The van der Waals surface area contributed by atoms with Crippen molar-refractivity contribution in [2.24, 2.45) is 34.4 Å². The van der Waals surface area contributed by atoms with Gasteiger partial charge in [-0.1, -0.05) is 154 Å². The van der Waals surface area contributed by atoms with Crippen LogP contribution in [0.25, 0.3) is 0 Å². The third-order valence-corrected chi connectivity index (χ3v) is 18.5. The minimum Gasteiger partial charge on any atom is -0.394 e. The molecule has 2 amide bonds. The summed E-state index contributed by atoms with van der Waals surface area (Å²) >= 11 is 1.36. The van der Waals surface area contributed by atoms with E-state index < -0.39 is 117 Å². The normalized spacial score (nSPS) is 28.4. The van der Waals surface area contributed by atoms with Crippen LogP contribution in [0.15, 0.2) is 24.3 Å². The molecule has 0 aromatic heterocycles. The van der Waals surface area contributed by atoms with Crippen LogP contribution >= 0.6 is 11.8 Å². The van der Waals surface area contributed by atoms with Crippen LogP contribution < -0.4 is 39.7 Å². The molecular formula is C65H126N8O14S. The number of nitrogens with two attached hydrogens (primary N) is 6. The van der Waals surface area contributed by atoms with Crippen LogP contribution in [0.3, 0.4) is 0 Å². The molecule has 23 heteroatoms. The lowest BCUT2D eigenvalue weighted by atomic mass is 9.84. The van der Waals surface area contributed by atoms with E-state index >= 15 is 0 Å². The van der Waals surface area contributed by atoms with Crippen LogP contribution in [0.4, 0.5) is 0 Å². The van der Waals surface area contributed by atoms with Crippen LogP contribution in [0.2, 0.25) is 0 Å². The van der Waals surface area contributed by atoms with E-state index in [1.165, 1.54) is 140 Å². The number of carbonyl (C=O) groups is 2. The molecule has 1 aliphatic carbocycles. The molecule has 3 fully saturated rings. The fourth-order valence-corrected chi connectivity index (χ4v) is 12.6. The van der Waals surface area contributed by atoms with Crippen molar-refractivity contribution in [1.82, 2.24) is 10.2 Å². The molecule has 19 N–H and O–H groups in total. The molecule has 17 atom stereocenters. The molecule has 0 spiro atoms. The Kier molecular flexibility index (Phi) is 45.3. The molecule has 516 valence electrons. The third-order valence-electron chi connectivity index (χ3n) is 17.4. The Morgan fingerprint density at radius 3 is 1.51 bits per heavy atom. The summed E-state index contributed by atoms with van der Waals surface area (Å²) in [4.78, 5) is 29.0. The number of ether oxygens (including phenoxy) is 6. The van der Waals surface area contributed by atoms with Crippen LogP contribution in [-0.2, 0) is 38.0 Å². The van der Waals surface area contributed by atoms with Crippen molar-refractivity contribution in [2.75, 3.05) is 57.6 Å². The van der Waals surface area contributed by atoms with E-state index in [-0.39, 0.29) is 56.5 Å². The summed E-state index contributed by atoms with van der Waals surface area (Å²) in [5, 5.41) is 67.3. The molecule has 0 aromatic rings. The molecule has 22 nitrogen and oxygen atoms in total. The Hall–Kier alpha value is -1.95. The first-order chi connectivity index (χ1) is 42.6. The number of unbranched alkanes of at least 4 members (excludes halogenated alkanes) is 24. The number of hydrogen-bond donors (Lipinski definition) is 13. The molecular weight excluding hydrogens is 1150 g/mol. The zero-order chi connectivity index (χ0) is 64.3. The summed E-state index contributed by atoms with van der Waals surface area (Å²) in [5.74, 6) is 0.290. The van der Waals surface area contributed by atoms with Gasteiger partial charge in [0.2, 0.25) is 11.8 Å². The largest absolute Gasteiger partial charge is 0.394 e. The van der Waals surface area contributed by atoms with E-state index in [1.807, 2.05) is 4.90 Å². The van der Waals surface area contributed by atoms with E-state index in [4.69, 9.17) is 62.8 Å². The standard InChI is InChI=1S/C65H126N8O14S/c1-3-5-7-9-11-13-15-17-19-21-23-25-27-29-31-33-38-73(39-34-32-30-28-26-24-22-20-18-16-14-12-10-8-6-4-2)54(76)36-35-53(75)72-37-40-88-45-52(51(44-74)86-64-55(70)60(80)58(78)49(42-66)84-64)82-46-83-63-57(77)47(68)41-48(69)62(63)87-65-56(71)61(81)59(79)50(43-67)85-65/h17-20,47-52,55-65,74,77-81H,3-16,21-46,66-71H2,1-2H3,(H,72,75)/b19-17-,20-18-/t47-,48?,49?,50?,51?,52-,55?,56?,57?,58-,59-,60?,61?,62-,63?,64-,65-/m1/s1. The highest BCUT2D eigenvalue weighted by Gasteiger charge is 2.49. The van der Waals surface area contributed by atoms with Gasteiger partial charge in [0.25, 0.3) is 0 Å². The lowest BCUT2D eigenvalue weighted by molar-refractivity contribution is -0.301. The third kappa shape index (κ3) is 31.8. The highest BCUT2D eigenvalue weighted by atomic mass is 32.2. The monoisotopic (exact) mass is 1270 g/mol. The van der Waals surface area contributed by atoms with Crippen LogP contribution in [0, 0.1) is 0 Å². The van der Waals surface area contributed by atoms with Gasteiger partial charge in [-0.25, -0.2) is 0 Å². The van der Waals surface area contributed by atoms with Crippen molar-refractivity contribution >= 4 is 23.6 Å². The predicted molar refractivity (Wildman–Crippen MR) is 348 cm³/mol. The van der Waals surface area contributed by atoms with Gasteiger partial charge in [0.05, 0.1) is 30.9 Å². The number of nitrogens with zero attached hydrogens (tertiary/aromatic N) is 1. The van der Waals surface area contributed by atoms with Crippen LogP contribution in [0.1, 0.15) is 213 Å². The van der Waals surface area contributed by atoms with Crippen molar-refractivity contribution in [3.63, 3.8) is 0 Å². The summed E-state index contributed by atoms with van der Waals surface area (Å²) in [6.45, 7) is 4.69. The van der Waals surface area contributed by atoms with Crippen LogP contribution in [-0.4, -0.2) is 209 Å². The van der Waals surface area contributed by atoms with Gasteiger partial charge in [-0.05, 0) is 70.6 Å². The lowest BCUT2D eigenvalue weighted by Gasteiger charge is -2.46. The number of amides is 2. The molecule has 1 saturated carbocycles. The van der Waals surface area contributed by atoms with Crippen molar-refractivity contribution in [1.29, 1.82) is 0 Å². The van der Waals surface area contributed by atoms with Crippen molar-refractivity contribution < 1.29 is 68.6 Å². The molecule has 2 aliphatic heterocycles. The van der Waals surface area contributed by atoms with E-state index in [1.54, 1.807) is 0 Å². The molecule has 0 bridgehead atoms. The maximum Gasteiger partial charge on any atom is 0.223 e. The molecule has 3 rings (SSSR count). The number of hydrogen-bond acceptors (Lipinski definition) is 21. The SMILES string of the molecule is CCCCCCCC/C=C\CCCCCCCCN(CCCCCCCC/C=C\CCCCCCCC)C(=O)CCC(=O)NCCSC[C@@H](OCOC1C(O)[C@H](N)CC(N)[C@H]1O[C@H]1OC(CN)[C@@H](O)C(O)C1N)C(CO)O[C@H]1OC(CN)[C@@H](O)C(O)C1N. The Labute approximate surface area is 533 Å². The van der Waals surface area contributed by atoms with Gasteiger partial charge in [0.15, 0.2) is 12.6 Å². The zero-order valence-electron chi connectivity index (χ0n) is 54.2. The maximum absolute atomic E-state index is 13.8. The Morgan fingerprint density at radius 2 is 1.03 bits per heavy atom. The average molecular weight is 1280 g/mol. The highest BCUT2D eigenvalue weighted by molar-refractivity contribution is 7.99. The number of aliphatic hydroxyl groups is 6. The average Bonchev–Trinajstić information content (AvgIpc) is 2.02. The van der Waals surface area contributed by atoms with Crippen molar-refractivity contribution in [3.8, 4) is 0 Å². The van der Waals surface area contributed by atoms with Gasteiger partial charge in [-0.2, -0.15) is 11.8 Å². The minimum absolute atomic E-state index is 0.00360. The van der Waals surface area contributed by atoms with Gasteiger partial charge in [-0.3, -0.25) is 9.59 Å². The van der Waals surface area contributed by atoms with Gasteiger partial charge >= 0.3 is 0 Å². The number of allylic oxidation sites excluding steroid dienone is 4. The van der Waals surface area contributed by atoms with E-state index in [0.29, 0.717) is 18.8 Å². The molecule has 0 aromatic carbocycles. The lowest BCUT2D eigenvalue weighted by Crippen LogP contribution is -2.67. The van der Waals surface area contributed by atoms with Gasteiger partial charge in [0.1, 0.15) is 61.7 Å². The highest BCUT2D eigenvalue weighted by Crippen LogP contribution is 2.30. The first kappa shape index (κ1) is 80.3. The quantitative estimate of drug-likeness (QED) is 0.0219. The number of carbonyl (C=O) groups excluding carboxylic acids is 2. The van der Waals surface area contributed by atoms with E-state index in [2.05, 4.69) is 43.5 Å². The van der Waals surface area contributed by atoms with Crippen molar-refractivity contribution in [2.45, 2.75) is 317 Å². The summed E-state index contributed by atoms with van der Waals surface area (Å²) in [7, 11) is 0. The fourth-order valence-electron chi connectivity index (χ4n) is 11.6. The molecule has 3 aliphatic rings. The summed E-state index contributed by atoms with van der Waals surface area (Å²) in [6.07, 6.45) is 27.8. The Bertz CT molecular complexity index is 1760.